The van der Waals surface area contributed by atoms with E-state index in [1.54, 1.807) is 0 Å². The van der Waals surface area contributed by atoms with Gasteiger partial charge in [-0.15, -0.1) is 0 Å². The Kier molecular flexibility index (Phi) is 7.19. The molecule has 1 aliphatic carbocycles. The molecular formula is C51H37NO. The number of anilines is 3. The molecule has 1 heterocycles. The Morgan fingerprint density at radius 1 is 0.434 bits per heavy atom. The summed E-state index contributed by atoms with van der Waals surface area (Å²) in [7, 11) is 0. The van der Waals surface area contributed by atoms with E-state index < -0.39 is 0 Å². The van der Waals surface area contributed by atoms with E-state index in [-0.39, 0.29) is 5.41 Å². The highest BCUT2D eigenvalue weighted by molar-refractivity contribution is 6.18. The summed E-state index contributed by atoms with van der Waals surface area (Å²) < 4.78 is 6.86. The van der Waals surface area contributed by atoms with Crippen molar-refractivity contribution in [3.05, 3.63) is 199 Å². The first kappa shape index (κ1) is 31.1. The van der Waals surface area contributed by atoms with E-state index in [1.807, 2.05) is 0 Å². The van der Waals surface area contributed by atoms with Crippen molar-refractivity contribution in [3.8, 4) is 44.5 Å². The average molecular weight is 680 g/mol. The first-order valence-electron chi connectivity index (χ1n) is 18.4. The minimum Gasteiger partial charge on any atom is -0.455 e. The summed E-state index contributed by atoms with van der Waals surface area (Å²) in [5.74, 6) is 0. The molecule has 53 heavy (non-hydrogen) atoms. The van der Waals surface area contributed by atoms with E-state index in [1.165, 1.54) is 55.6 Å². The molecule has 1 aromatic heterocycles. The van der Waals surface area contributed by atoms with E-state index in [0.29, 0.717) is 0 Å². The lowest BCUT2D eigenvalue weighted by Gasteiger charge is -2.29. The number of furan rings is 1. The molecule has 252 valence electrons. The maximum absolute atomic E-state index is 6.86. The van der Waals surface area contributed by atoms with Crippen molar-refractivity contribution in [1.82, 2.24) is 0 Å². The molecule has 1 aliphatic rings. The Morgan fingerprint density at radius 2 is 1.02 bits per heavy atom. The van der Waals surface area contributed by atoms with Gasteiger partial charge in [0, 0.05) is 27.7 Å². The van der Waals surface area contributed by atoms with Gasteiger partial charge >= 0.3 is 0 Å². The van der Waals surface area contributed by atoms with Crippen LogP contribution >= 0.6 is 0 Å². The topological polar surface area (TPSA) is 16.4 Å². The molecule has 0 bridgehead atoms. The van der Waals surface area contributed by atoms with Gasteiger partial charge in [-0.05, 0) is 92.5 Å². The molecule has 2 nitrogen and oxygen atoms in total. The zero-order valence-electron chi connectivity index (χ0n) is 29.8. The Morgan fingerprint density at radius 3 is 1.77 bits per heavy atom. The van der Waals surface area contributed by atoms with Crippen LogP contribution in [-0.2, 0) is 5.41 Å². The van der Waals surface area contributed by atoms with Crippen LogP contribution in [0, 0.1) is 0 Å². The number of hydrogen-bond acceptors (Lipinski definition) is 2. The minimum absolute atomic E-state index is 0.197. The van der Waals surface area contributed by atoms with Gasteiger partial charge in [-0.3, -0.25) is 0 Å². The standard InChI is InChI=1S/C51H37NO/c1-51(2)44-24-14-12-22-41(44)48-45(51)33-46(49-42-23-13-15-25-47(42)53-50(48)49)52(38-20-10-5-11-21-38)39-29-26-36(27-30-39)43-32-37(34-16-6-3-7-17-34)28-31-40(43)35-18-8-4-9-19-35/h3-33H,1-2H3. The van der Waals surface area contributed by atoms with Crippen molar-refractivity contribution in [1.29, 1.82) is 0 Å². The third kappa shape index (κ3) is 5.02. The van der Waals surface area contributed by atoms with Gasteiger partial charge in [-0.25, -0.2) is 0 Å². The largest absolute Gasteiger partial charge is 0.455 e. The van der Waals surface area contributed by atoms with Crippen LogP contribution in [-0.4, -0.2) is 0 Å². The fraction of sp³-hybridized carbons (Fsp3) is 0.0588. The minimum atomic E-state index is -0.197. The van der Waals surface area contributed by atoms with Gasteiger partial charge in [-0.2, -0.15) is 0 Å². The molecule has 9 aromatic rings. The third-order valence-electron chi connectivity index (χ3n) is 11.1. The molecule has 0 fully saturated rings. The molecule has 10 rings (SSSR count). The Bertz CT molecular complexity index is 2780. The van der Waals surface area contributed by atoms with Gasteiger partial charge in [0.2, 0.25) is 0 Å². The lowest BCUT2D eigenvalue weighted by Crippen LogP contribution is -2.16. The first-order chi connectivity index (χ1) is 26.1. The lowest BCUT2D eigenvalue weighted by molar-refractivity contribution is 0.653. The number of benzene rings is 8. The number of rotatable bonds is 6. The van der Waals surface area contributed by atoms with Gasteiger partial charge in [0.1, 0.15) is 11.2 Å². The maximum atomic E-state index is 6.86. The van der Waals surface area contributed by atoms with Crippen LogP contribution in [0.3, 0.4) is 0 Å². The quantitative estimate of drug-likeness (QED) is 0.174. The van der Waals surface area contributed by atoms with Gasteiger partial charge < -0.3 is 9.32 Å². The molecular weight excluding hydrogens is 643 g/mol. The van der Waals surface area contributed by atoms with Crippen LogP contribution in [0.1, 0.15) is 25.0 Å². The number of para-hydroxylation sites is 2. The highest BCUT2D eigenvalue weighted by Gasteiger charge is 2.39. The first-order valence-corrected chi connectivity index (χ1v) is 18.4. The summed E-state index contributed by atoms with van der Waals surface area (Å²) in [4.78, 5) is 2.41. The highest BCUT2D eigenvalue weighted by Crippen LogP contribution is 2.56. The van der Waals surface area contributed by atoms with Crippen LogP contribution in [0.4, 0.5) is 17.1 Å². The molecule has 0 aliphatic heterocycles. The molecule has 0 spiro atoms. The van der Waals surface area contributed by atoms with Crippen LogP contribution in [0.5, 0.6) is 0 Å². The molecule has 0 saturated heterocycles. The smallest absolute Gasteiger partial charge is 0.145 e. The highest BCUT2D eigenvalue weighted by atomic mass is 16.3. The summed E-state index contributed by atoms with van der Waals surface area (Å²) in [5, 5.41) is 2.24. The van der Waals surface area contributed by atoms with Crippen LogP contribution < -0.4 is 4.90 Å². The van der Waals surface area contributed by atoms with Crippen molar-refractivity contribution in [2.45, 2.75) is 19.3 Å². The fourth-order valence-electron chi connectivity index (χ4n) is 8.46. The average Bonchev–Trinajstić information content (AvgIpc) is 3.72. The van der Waals surface area contributed by atoms with Crippen molar-refractivity contribution < 1.29 is 4.42 Å². The van der Waals surface area contributed by atoms with Crippen LogP contribution in [0.15, 0.2) is 192 Å². The van der Waals surface area contributed by atoms with E-state index in [2.05, 4.69) is 207 Å². The van der Waals surface area contributed by atoms with E-state index in [0.717, 1.165) is 39.0 Å². The summed E-state index contributed by atoms with van der Waals surface area (Å²) in [5.41, 5.74) is 17.2. The predicted molar refractivity (Wildman–Crippen MR) is 222 cm³/mol. The van der Waals surface area contributed by atoms with Gasteiger partial charge in [0.05, 0.1) is 11.1 Å². The monoisotopic (exact) mass is 679 g/mol. The maximum Gasteiger partial charge on any atom is 0.145 e. The molecule has 0 atom stereocenters. The van der Waals surface area contributed by atoms with Gasteiger partial charge in [-0.1, -0.05) is 159 Å². The molecule has 0 N–H and O–H groups in total. The van der Waals surface area contributed by atoms with Crippen molar-refractivity contribution in [2.24, 2.45) is 0 Å². The van der Waals surface area contributed by atoms with E-state index in [9.17, 15) is 0 Å². The second-order valence-electron chi connectivity index (χ2n) is 14.5. The van der Waals surface area contributed by atoms with Crippen molar-refractivity contribution in [3.63, 3.8) is 0 Å². The molecule has 0 amide bonds. The number of nitrogens with zero attached hydrogens (tertiary/aromatic N) is 1. The number of fused-ring (bicyclic) bond motifs is 7. The molecule has 8 aromatic carbocycles. The summed E-state index contributed by atoms with van der Waals surface area (Å²) in [6, 6.07) is 67.7. The predicted octanol–water partition coefficient (Wildman–Crippen LogP) is 14.4. The zero-order valence-corrected chi connectivity index (χ0v) is 29.8. The normalized spacial score (nSPS) is 12.9. The van der Waals surface area contributed by atoms with Gasteiger partial charge in [0.15, 0.2) is 0 Å². The zero-order chi connectivity index (χ0) is 35.5. The second-order valence-corrected chi connectivity index (χ2v) is 14.5. The Labute approximate surface area is 310 Å². The molecule has 2 heteroatoms. The van der Waals surface area contributed by atoms with E-state index in [4.69, 9.17) is 4.42 Å². The van der Waals surface area contributed by atoms with Crippen LogP contribution in [0.25, 0.3) is 66.4 Å². The summed E-state index contributed by atoms with van der Waals surface area (Å²) in [6.45, 7) is 4.68. The molecule has 0 unspecified atom stereocenters. The Balaban J connectivity index is 1.19. The van der Waals surface area contributed by atoms with Crippen molar-refractivity contribution in [2.75, 3.05) is 4.90 Å². The molecule has 0 saturated carbocycles. The SMILES string of the molecule is CC1(C)c2ccccc2-c2c1cc(N(c1ccccc1)c1ccc(-c3cc(-c4ccccc4)ccc3-c3ccccc3)cc1)c1c2oc2ccccc21. The summed E-state index contributed by atoms with van der Waals surface area (Å²) >= 11 is 0. The van der Waals surface area contributed by atoms with Gasteiger partial charge in [0.25, 0.3) is 0 Å². The molecule has 0 radical (unpaired) electrons. The second kappa shape index (κ2) is 12.3. The number of hydrogen-bond donors (Lipinski definition) is 0. The van der Waals surface area contributed by atoms with Crippen molar-refractivity contribution >= 4 is 39.0 Å². The fourth-order valence-corrected chi connectivity index (χ4v) is 8.46. The lowest BCUT2D eigenvalue weighted by atomic mass is 9.82. The van der Waals surface area contributed by atoms with Crippen LogP contribution in [0.2, 0.25) is 0 Å². The van der Waals surface area contributed by atoms with E-state index >= 15 is 0 Å². The summed E-state index contributed by atoms with van der Waals surface area (Å²) in [6.07, 6.45) is 0. The Hall–Kier alpha value is -6.64. The third-order valence-corrected chi connectivity index (χ3v) is 11.1.